The highest BCUT2D eigenvalue weighted by molar-refractivity contribution is 8.03. The lowest BCUT2D eigenvalue weighted by atomic mass is 9.98. The van der Waals surface area contributed by atoms with E-state index in [0.717, 1.165) is 28.8 Å². The Hall–Kier alpha value is -3.19. The number of urea groups is 1. The Bertz CT molecular complexity index is 1070. The minimum absolute atomic E-state index is 0.102. The number of dihydropyridines is 1. The highest BCUT2D eigenvalue weighted by Gasteiger charge is 2.48. The molecule has 13 heteroatoms. The van der Waals surface area contributed by atoms with Crippen molar-refractivity contribution in [2.24, 2.45) is 10.9 Å². The lowest BCUT2D eigenvalue weighted by Gasteiger charge is -2.28. The van der Waals surface area contributed by atoms with Gasteiger partial charge in [-0.2, -0.15) is 9.48 Å². The van der Waals surface area contributed by atoms with Crippen molar-refractivity contribution >= 4 is 47.3 Å². The van der Waals surface area contributed by atoms with Crippen LogP contribution in [0.5, 0.6) is 5.75 Å². The standard InChI is InChI=1S/C20H19F3N4O5S/c1-26-17-15(18(29)27(2)19(26)30)16(11(8-24-17)9-31-3)33-10-14(28)25-12-4-6-13(7-5-12)32-20(21,22)23/h4-8,15H,9-10H2,1-3H3/p+1. The number of hydrogen-bond acceptors (Lipinski definition) is 7. The molecule has 0 aromatic heterocycles. The van der Waals surface area contributed by atoms with Gasteiger partial charge in [-0.1, -0.05) is 0 Å². The summed E-state index contributed by atoms with van der Waals surface area (Å²) in [5, 5.41) is 2.58. The van der Waals surface area contributed by atoms with Crippen molar-refractivity contribution in [2.45, 2.75) is 6.36 Å². The first-order valence-electron chi connectivity index (χ1n) is 9.48. The van der Waals surface area contributed by atoms with E-state index in [1.54, 1.807) is 0 Å². The lowest BCUT2D eigenvalue weighted by Crippen LogP contribution is -2.53. The Morgan fingerprint density at radius 2 is 1.94 bits per heavy atom. The number of ether oxygens (including phenoxy) is 2. The van der Waals surface area contributed by atoms with Gasteiger partial charge in [-0.25, -0.2) is 4.79 Å². The number of hydrogen-bond donors (Lipinski definition) is 1. The third-order valence-electron chi connectivity index (χ3n) is 4.71. The fourth-order valence-electron chi connectivity index (χ4n) is 3.22. The summed E-state index contributed by atoms with van der Waals surface area (Å²) in [6.07, 6.45) is -3.31. The average Bonchev–Trinajstić information content (AvgIpc) is 2.75. The number of benzene rings is 1. The molecule has 1 N–H and O–H groups in total. The van der Waals surface area contributed by atoms with E-state index in [-0.39, 0.29) is 23.9 Å². The molecular weight excluding hydrogens is 465 g/mol. The monoisotopic (exact) mass is 485 g/mol. The van der Waals surface area contributed by atoms with Gasteiger partial charge in [-0.15, -0.1) is 29.9 Å². The number of amides is 4. The molecule has 4 amide bonds. The van der Waals surface area contributed by atoms with Crippen LogP contribution in [0.4, 0.5) is 23.7 Å². The van der Waals surface area contributed by atoms with E-state index in [2.05, 4.69) is 15.0 Å². The van der Waals surface area contributed by atoms with Gasteiger partial charge in [0.05, 0.1) is 26.5 Å². The molecule has 3 rings (SSSR count). The molecule has 1 aromatic carbocycles. The second-order valence-corrected chi connectivity index (χ2v) is 8.04. The van der Waals surface area contributed by atoms with Crippen LogP contribution in [0.1, 0.15) is 0 Å². The van der Waals surface area contributed by atoms with Crippen molar-refractivity contribution in [1.82, 2.24) is 4.90 Å². The van der Waals surface area contributed by atoms with Crippen LogP contribution in [-0.2, 0) is 14.3 Å². The molecule has 1 aromatic rings. The Morgan fingerprint density at radius 1 is 1.27 bits per heavy atom. The molecule has 2 aliphatic heterocycles. The molecule has 2 heterocycles. The van der Waals surface area contributed by atoms with E-state index in [4.69, 9.17) is 4.74 Å². The molecule has 0 fully saturated rings. The van der Waals surface area contributed by atoms with E-state index in [1.165, 1.54) is 44.1 Å². The molecule has 9 nitrogen and oxygen atoms in total. The zero-order valence-electron chi connectivity index (χ0n) is 17.8. The van der Waals surface area contributed by atoms with Crippen LogP contribution in [0, 0.1) is 5.92 Å². The van der Waals surface area contributed by atoms with Gasteiger partial charge >= 0.3 is 18.3 Å². The van der Waals surface area contributed by atoms with E-state index in [0.29, 0.717) is 10.5 Å². The van der Waals surface area contributed by atoms with Crippen molar-refractivity contribution in [3.8, 4) is 5.75 Å². The SMILES string of the molecule is COCC1=C(SCC(=O)Nc2ccc(OC(F)(F)F)cc2)C2C(=O)N(C)C(=O)[N+](C)=C2N=C1. The van der Waals surface area contributed by atoms with Gasteiger partial charge in [-0.05, 0) is 24.3 Å². The Kier molecular flexibility index (Phi) is 7.22. The highest BCUT2D eigenvalue weighted by atomic mass is 32.2. The van der Waals surface area contributed by atoms with Crippen molar-refractivity contribution in [1.29, 1.82) is 0 Å². The van der Waals surface area contributed by atoms with Gasteiger partial charge in [0.15, 0.2) is 5.92 Å². The topological polar surface area (TPSA) is 100 Å². The minimum atomic E-state index is -4.81. The first-order valence-corrected chi connectivity index (χ1v) is 10.5. The molecule has 0 aliphatic carbocycles. The van der Waals surface area contributed by atoms with Gasteiger partial charge in [-0.3, -0.25) is 9.59 Å². The van der Waals surface area contributed by atoms with Crippen LogP contribution >= 0.6 is 11.8 Å². The van der Waals surface area contributed by atoms with E-state index in [1.807, 2.05) is 0 Å². The number of thioether (sulfide) groups is 1. The molecule has 33 heavy (non-hydrogen) atoms. The molecule has 2 aliphatic rings. The fraction of sp³-hybridized carbons (Fsp3) is 0.350. The molecular formula is C20H20F3N4O5S+. The smallest absolute Gasteiger partial charge is 0.406 e. The summed E-state index contributed by atoms with van der Waals surface area (Å²) in [6.45, 7) is 0.145. The van der Waals surface area contributed by atoms with Crippen molar-refractivity contribution in [3.05, 3.63) is 34.7 Å². The second kappa shape index (κ2) is 9.75. The third kappa shape index (κ3) is 5.60. The number of aliphatic imine (C=N–C) groups is 1. The van der Waals surface area contributed by atoms with Crippen molar-refractivity contribution < 1.29 is 41.6 Å². The summed E-state index contributed by atoms with van der Waals surface area (Å²) >= 11 is 1.10. The van der Waals surface area contributed by atoms with Crippen LogP contribution in [-0.4, -0.2) is 79.3 Å². The number of amidine groups is 1. The van der Waals surface area contributed by atoms with Crippen LogP contribution in [0.25, 0.3) is 0 Å². The average molecular weight is 485 g/mol. The number of halogens is 3. The maximum Gasteiger partial charge on any atom is 0.573 e. The molecule has 1 atom stereocenters. The van der Waals surface area contributed by atoms with Gasteiger partial charge in [0, 0.05) is 23.3 Å². The number of nitrogens with one attached hydrogen (secondary N) is 1. The van der Waals surface area contributed by atoms with Crippen LogP contribution < -0.4 is 10.1 Å². The van der Waals surface area contributed by atoms with Crippen LogP contribution in [0.15, 0.2) is 39.7 Å². The van der Waals surface area contributed by atoms with Crippen LogP contribution in [0.3, 0.4) is 0 Å². The predicted molar refractivity (Wildman–Crippen MR) is 114 cm³/mol. The van der Waals surface area contributed by atoms with Gasteiger partial charge < -0.3 is 14.8 Å². The minimum Gasteiger partial charge on any atom is -0.406 e. The maximum absolute atomic E-state index is 12.8. The number of anilines is 1. The molecule has 176 valence electrons. The zero-order chi connectivity index (χ0) is 24.3. The van der Waals surface area contributed by atoms with Crippen LogP contribution in [0.2, 0.25) is 0 Å². The number of nitrogens with zero attached hydrogens (tertiary/aromatic N) is 3. The molecule has 0 saturated heterocycles. The summed E-state index contributed by atoms with van der Waals surface area (Å²) < 4.78 is 47.0. The zero-order valence-corrected chi connectivity index (χ0v) is 18.6. The predicted octanol–water partition coefficient (Wildman–Crippen LogP) is 2.49. The molecule has 1 unspecified atom stereocenters. The second-order valence-electron chi connectivity index (χ2n) is 7.02. The van der Waals surface area contributed by atoms with Gasteiger partial charge in [0.2, 0.25) is 5.91 Å². The first-order chi connectivity index (χ1) is 15.5. The number of methoxy groups -OCH3 is 1. The molecule has 0 spiro atoms. The highest BCUT2D eigenvalue weighted by Crippen LogP contribution is 2.35. The number of carbonyl (C=O) groups excluding carboxylic acids is 3. The van der Waals surface area contributed by atoms with E-state index >= 15 is 0 Å². The summed E-state index contributed by atoms with van der Waals surface area (Å²) in [5.74, 6) is -2.03. The van der Waals surface area contributed by atoms with Gasteiger partial charge in [0.1, 0.15) is 12.0 Å². The largest absolute Gasteiger partial charge is 0.573 e. The normalized spacial score (nSPS) is 18.6. The number of rotatable bonds is 7. The first kappa shape index (κ1) is 24.5. The van der Waals surface area contributed by atoms with Gasteiger partial charge in [0.25, 0.3) is 5.84 Å². The van der Waals surface area contributed by atoms with E-state index < -0.39 is 35.9 Å². The number of fused-ring (bicyclic) bond motifs is 1. The molecule has 0 saturated carbocycles. The molecule has 0 radical (unpaired) electrons. The number of alkyl halides is 3. The Labute approximate surface area is 190 Å². The molecule has 0 bridgehead atoms. The fourth-order valence-corrected chi connectivity index (χ4v) is 4.25. The van der Waals surface area contributed by atoms with Crippen molar-refractivity contribution in [2.75, 3.05) is 38.9 Å². The van der Waals surface area contributed by atoms with E-state index in [9.17, 15) is 27.6 Å². The lowest BCUT2D eigenvalue weighted by molar-refractivity contribution is -0.407. The summed E-state index contributed by atoms with van der Waals surface area (Å²) in [4.78, 5) is 43.3. The Balaban J connectivity index is 1.74. The number of carbonyl (C=O) groups is 3. The maximum atomic E-state index is 12.8. The summed E-state index contributed by atoms with van der Waals surface area (Å²) in [7, 11) is 4.35. The third-order valence-corrected chi connectivity index (χ3v) is 5.93. The summed E-state index contributed by atoms with van der Waals surface area (Å²) in [5.41, 5.74) is 0.875. The Morgan fingerprint density at radius 3 is 2.55 bits per heavy atom. The number of imide groups is 1. The summed E-state index contributed by atoms with van der Waals surface area (Å²) in [6, 6.07) is 4.20. The quantitative estimate of drug-likeness (QED) is 0.596. The van der Waals surface area contributed by atoms with Crippen molar-refractivity contribution in [3.63, 3.8) is 0 Å².